The maximum absolute atomic E-state index is 12.2. The highest BCUT2D eigenvalue weighted by molar-refractivity contribution is 6.02. The third-order valence-corrected chi connectivity index (χ3v) is 6.45. The Morgan fingerprint density at radius 1 is 1.19 bits per heavy atom. The molecule has 1 aromatic heterocycles. The number of primary amides is 1. The van der Waals surface area contributed by atoms with E-state index in [0.717, 1.165) is 24.3 Å². The quantitative estimate of drug-likeness (QED) is 0.763. The third-order valence-electron chi connectivity index (χ3n) is 6.45. The summed E-state index contributed by atoms with van der Waals surface area (Å²) in [5.41, 5.74) is 5.04. The first-order valence-corrected chi connectivity index (χ1v) is 10.5. The summed E-state index contributed by atoms with van der Waals surface area (Å²) in [6.07, 6.45) is 5.65. The Bertz CT molecular complexity index is 1060. The van der Waals surface area contributed by atoms with Crippen molar-refractivity contribution in [2.24, 2.45) is 11.7 Å². The molecule has 9 heteroatoms. The van der Waals surface area contributed by atoms with Crippen LogP contribution >= 0.6 is 0 Å². The Kier molecular flexibility index (Phi) is 4.39. The summed E-state index contributed by atoms with van der Waals surface area (Å²) in [5, 5.41) is 16.8. The lowest BCUT2D eigenvalue weighted by Gasteiger charge is -2.42. The van der Waals surface area contributed by atoms with Gasteiger partial charge in [-0.25, -0.2) is 0 Å². The summed E-state index contributed by atoms with van der Waals surface area (Å²) in [7, 11) is 0. The lowest BCUT2D eigenvalue weighted by molar-refractivity contribution is -0.125. The highest BCUT2D eigenvalue weighted by Crippen LogP contribution is 2.50. The molecule has 5 rings (SSSR count). The largest absolute Gasteiger partial charge is 0.448 e. The zero-order valence-electron chi connectivity index (χ0n) is 17.0. The number of benzene rings is 1. The molecule has 0 bridgehead atoms. The van der Waals surface area contributed by atoms with Gasteiger partial charge in [-0.15, -0.1) is 0 Å². The van der Waals surface area contributed by atoms with Crippen molar-refractivity contribution in [3.63, 3.8) is 0 Å². The molecule has 31 heavy (non-hydrogen) atoms. The number of fused-ring (bicyclic) bond motifs is 1. The summed E-state index contributed by atoms with van der Waals surface area (Å²) < 4.78 is 13.9. The lowest BCUT2D eigenvalue weighted by atomic mass is 9.77. The zero-order chi connectivity index (χ0) is 21.6. The van der Waals surface area contributed by atoms with Gasteiger partial charge in [-0.05, 0) is 37.8 Å². The van der Waals surface area contributed by atoms with Gasteiger partial charge in [-0.1, -0.05) is 12.1 Å². The molecule has 1 aromatic carbocycles. The number of nitrogens with two attached hydrogens (primary N) is 1. The normalized spacial score (nSPS) is 20.2. The number of carbonyl (C=O) groups is 2. The van der Waals surface area contributed by atoms with Crippen LogP contribution in [0.1, 0.15) is 55.3 Å². The molecule has 0 unspecified atom stereocenters. The van der Waals surface area contributed by atoms with Gasteiger partial charge in [0, 0.05) is 25.0 Å². The molecule has 3 N–H and O–H groups in total. The average molecular weight is 421 g/mol. The second-order valence-corrected chi connectivity index (χ2v) is 8.58. The van der Waals surface area contributed by atoms with E-state index in [2.05, 4.69) is 16.5 Å². The van der Waals surface area contributed by atoms with E-state index in [1.165, 1.54) is 0 Å². The number of anilines is 1. The predicted octanol–water partition coefficient (Wildman–Crippen LogP) is 2.68. The van der Waals surface area contributed by atoms with Crippen LogP contribution in [0, 0.1) is 17.2 Å². The van der Waals surface area contributed by atoms with Crippen molar-refractivity contribution in [3.8, 4) is 17.6 Å². The van der Waals surface area contributed by atoms with E-state index in [1.807, 2.05) is 24.3 Å². The number of nitrogens with one attached hydrogen (secondary N) is 1. The molecule has 9 nitrogen and oxygen atoms in total. The minimum atomic E-state index is -0.759. The van der Waals surface area contributed by atoms with Crippen LogP contribution < -0.4 is 20.5 Å². The number of ether oxygens (including phenoxy) is 2. The molecule has 2 aliphatic carbocycles. The van der Waals surface area contributed by atoms with Crippen LogP contribution in [0.25, 0.3) is 0 Å². The number of carbonyl (C=O) groups excluding carboxylic acids is 2. The molecule has 2 heterocycles. The Morgan fingerprint density at radius 2 is 1.84 bits per heavy atom. The van der Waals surface area contributed by atoms with Crippen molar-refractivity contribution < 1.29 is 19.1 Å². The van der Waals surface area contributed by atoms with Gasteiger partial charge >= 0.3 is 0 Å². The number of hydrogen-bond acceptors (Lipinski definition) is 6. The van der Waals surface area contributed by atoms with Crippen molar-refractivity contribution in [1.29, 1.82) is 5.26 Å². The number of amides is 2. The average Bonchev–Trinajstić information content (AvgIpc) is 3.42. The molecule has 2 fully saturated rings. The maximum Gasteiger partial charge on any atom is 0.254 e. The van der Waals surface area contributed by atoms with Crippen LogP contribution in [0.4, 0.5) is 5.82 Å². The molecular formula is C22H23N5O4. The van der Waals surface area contributed by atoms with Gasteiger partial charge in [-0.3, -0.25) is 14.3 Å². The Balaban J connectivity index is 1.41. The van der Waals surface area contributed by atoms with Crippen LogP contribution in [0.15, 0.2) is 30.5 Å². The van der Waals surface area contributed by atoms with Crippen molar-refractivity contribution in [2.75, 3.05) is 5.32 Å². The summed E-state index contributed by atoms with van der Waals surface area (Å²) in [4.78, 5) is 24.2. The van der Waals surface area contributed by atoms with Crippen LogP contribution in [-0.2, 0) is 10.3 Å². The first kappa shape index (κ1) is 19.4. The van der Waals surface area contributed by atoms with Crippen LogP contribution in [0.5, 0.6) is 11.5 Å². The van der Waals surface area contributed by atoms with Gasteiger partial charge in [0.2, 0.25) is 5.91 Å². The van der Waals surface area contributed by atoms with Crippen LogP contribution in [0.2, 0.25) is 0 Å². The van der Waals surface area contributed by atoms with Gasteiger partial charge < -0.3 is 20.5 Å². The molecule has 2 amide bonds. The smallest absolute Gasteiger partial charge is 0.254 e. The van der Waals surface area contributed by atoms with Gasteiger partial charge in [0.1, 0.15) is 5.56 Å². The number of aromatic nitrogens is 2. The molecule has 0 saturated heterocycles. The van der Waals surface area contributed by atoms with Crippen molar-refractivity contribution in [3.05, 3.63) is 36.0 Å². The fraction of sp³-hybridized carbons (Fsp3) is 0.455. The second kappa shape index (κ2) is 7.01. The van der Waals surface area contributed by atoms with E-state index in [4.69, 9.17) is 15.2 Å². The maximum atomic E-state index is 12.2. The fourth-order valence-corrected chi connectivity index (χ4v) is 4.43. The van der Waals surface area contributed by atoms with Crippen molar-refractivity contribution >= 4 is 17.6 Å². The zero-order valence-corrected chi connectivity index (χ0v) is 17.0. The van der Waals surface area contributed by atoms with Crippen LogP contribution in [0.3, 0.4) is 0 Å². The topological polar surface area (TPSA) is 132 Å². The molecular weight excluding hydrogens is 398 g/mol. The first-order valence-electron chi connectivity index (χ1n) is 10.5. The van der Waals surface area contributed by atoms with E-state index >= 15 is 0 Å². The van der Waals surface area contributed by atoms with E-state index < -0.39 is 17.2 Å². The van der Waals surface area contributed by atoms with Gasteiger partial charge in [0.15, 0.2) is 17.3 Å². The molecule has 3 aliphatic rings. The molecule has 2 saturated carbocycles. The predicted molar refractivity (Wildman–Crippen MR) is 109 cm³/mol. The Morgan fingerprint density at radius 3 is 2.39 bits per heavy atom. The Labute approximate surface area is 179 Å². The number of hydrogen-bond donors (Lipinski definition) is 2. The van der Waals surface area contributed by atoms with E-state index in [9.17, 15) is 14.9 Å². The third kappa shape index (κ3) is 3.38. The summed E-state index contributed by atoms with van der Waals surface area (Å²) in [6.45, 7) is 0. The standard InChI is InChI=1S/C22H23N5O4/c23-12-11-21(7-9-22(10-8-21)30-16-3-1-2-4-17(16)31-22)27-13-15(18(24)28)19(26-27)25-20(29)14-5-6-14/h1-4,13-14H,5-11H2,(H2,24,28)(H,25,26,29). The molecule has 160 valence electrons. The highest BCUT2D eigenvalue weighted by atomic mass is 16.7. The number of nitriles is 1. The van der Waals surface area contributed by atoms with Crippen molar-refractivity contribution in [1.82, 2.24) is 9.78 Å². The van der Waals surface area contributed by atoms with E-state index in [0.29, 0.717) is 25.7 Å². The number of para-hydroxylation sites is 2. The summed E-state index contributed by atoms with van der Waals surface area (Å²) >= 11 is 0. The summed E-state index contributed by atoms with van der Waals surface area (Å²) in [6, 6.07) is 9.81. The fourth-order valence-electron chi connectivity index (χ4n) is 4.43. The SMILES string of the molecule is N#CCC1(n2cc(C(N)=O)c(NC(=O)C3CC3)n2)CCC2(CC1)Oc1ccccc1O2. The first-order chi connectivity index (χ1) is 14.9. The monoisotopic (exact) mass is 421 g/mol. The highest BCUT2D eigenvalue weighted by Gasteiger charge is 2.50. The van der Waals surface area contributed by atoms with Crippen molar-refractivity contribution in [2.45, 2.75) is 56.3 Å². The number of nitrogens with zero attached hydrogens (tertiary/aromatic N) is 3. The lowest BCUT2D eigenvalue weighted by Crippen LogP contribution is -2.49. The van der Waals surface area contributed by atoms with E-state index in [1.54, 1.807) is 10.9 Å². The number of rotatable bonds is 5. The molecule has 1 aliphatic heterocycles. The minimum absolute atomic E-state index is 0.0354. The molecule has 1 spiro atoms. The minimum Gasteiger partial charge on any atom is -0.448 e. The molecule has 0 radical (unpaired) electrons. The summed E-state index contributed by atoms with van der Waals surface area (Å²) in [5.74, 6) is -0.0315. The van der Waals surface area contributed by atoms with E-state index in [-0.39, 0.29) is 29.6 Å². The molecule has 0 atom stereocenters. The second-order valence-electron chi connectivity index (χ2n) is 8.58. The Hall–Kier alpha value is -3.54. The van der Waals surface area contributed by atoms with Gasteiger partial charge in [-0.2, -0.15) is 10.4 Å². The molecule has 2 aromatic rings. The van der Waals surface area contributed by atoms with Gasteiger partial charge in [0.25, 0.3) is 11.7 Å². The van der Waals surface area contributed by atoms with Gasteiger partial charge in [0.05, 0.1) is 18.0 Å². The van der Waals surface area contributed by atoms with Crippen LogP contribution in [-0.4, -0.2) is 27.4 Å².